The Balaban J connectivity index is 2.68. The Hall–Kier alpha value is -1.92. The van der Waals surface area contributed by atoms with Crippen molar-refractivity contribution in [2.45, 2.75) is 45.6 Å². The van der Waals surface area contributed by atoms with Gasteiger partial charge in [-0.1, -0.05) is 44.2 Å². The minimum Gasteiger partial charge on any atom is -0.467 e. The zero-order chi connectivity index (χ0) is 18.3. The Morgan fingerprint density at radius 1 is 1.17 bits per heavy atom. The van der Waals surface area contributed by atoms with Gasteiger partial charge < -0.3 is 20.1 Å². The zero-order valence-corrected chi connectivity index (χ0v) is 15.1. The largest absolute Gasteiger partial charge is 0.467 e. The van der Waals surface area contributed by atoms with Crippen LogP contribution in [-0.4, -0.2) is 49.1 Å². The van der Waals surface area contributed by atoms with Gasteiger partial charge in [0.1, 0.15) is 12.1 Å². The van der Waals surface area contributed by atoms with Crippen LogP contribution in [0.1, 0.15) is 26.3 Å². The first kappa shape index (κ1) is 20.1. The molecule has 0 fully saturated rings. The maximum atomic E-state index is 12.6. The predicted molar refractivity (Wildman–Crippen MR) is 92.1 cm³/mol. The van der Waals surface area contributed by atoms with Gasteiger partial charge in [0.15, 0.2) is 0 Å². The second-order valence-electron chi connectivity index (χ2n) is 6.19. The standard InChI is InChI=1S/C18H28N2O4/c1-12(2)16(18(22)23-5)20(4)17(21)15(19)13(3)24-11-14-9-7-6-8-10-14/h6-10,12-13,15-16H,11,19H2,1-5H3/t13-,15+,16+/m1/s1. The van der Waals surface area contributed by atoms with Gasteiger partial charge in [-0.3, -0.25) is 4.79 Å². The van der Waals surface area contributed by atoms with Crippen LogP contribution in [0.4, 0.5) is 0 Å². The van der Waals surface area contributed by atoms with Crippen LogP contribution in [0.3, 0.4) is 0 Å². The maximum absolute atomic E-state index is 12.6. The molecule has 0 unspecified atom stereocenters. The molecular formula is C18H28N2O4. The van der Waals surface area contributed by atoms with Crippen molar-refractivity contribution in [3.8, 4) is 0 Å². The number of rotatable bonds is 8. The van der Waals surface area contributed by atoms with Gasteiger partial charge in [0.2, 0.25) is 5.91 Å². The lowest BCUT2D eigenvalue weighted by Crippen LogP contribution is -2.55. The average molecular weight is 336 g/mol. The van der Waals surface area contributed by atoms with E-state index in [0.717, 1.165) is 5.56 Å². The van der Waals surface area contributed by atoms with Crippen LogP contribution in [-0.2, 0) is 25.7 Å². The smallest absolute Gasteiger partial charge is 0.328 e. The van der Waals surface area contributed by atoms with Gasteiger partial charge >= 0.3 is 5.97 Å². The quantitative estimate of drug-likeness (QED) is 0.729. The van der Waals surface area contributed by atoms with Crippen LogP contribution >= 0.6 is 0 Å². The Bertz CT molecular complexity index is 533. The molecule has 0 saturated heterocycles. The molecule has 0 heterocycles. The van der Waals surface area contributed by atoms with E-state index in [0.29, 0.717) is 6.61 Å². The molecule has 134 valence electrons. The number of likely N-dealkylation sites (N-methyl/N-ethyl adjacent to an activating group) is 1. The van der Waals surface area contributed by atoms with Crippen molar-refractivity contribution in [3.63, 3.8) is 0 Å². The highest BCUT2D eigenvalue weighted by Crippen LogP contribution is 2.14. The van der Waals surface area contributed by atoms with Crippen molar-refractivity contribution in [1.29, 1.82) is 0 Å². The Kier molecular flexibility index (Phi) is 7.88. The third-order valence-corrected chi connectivity index (χ3v) is 3.99. The molecule has 1 aromatic rings. The van der Waals surface area contributed by atoms with Gasteiger partial charge in [-0.2, -0.15) is 0 Å². The maximum Gasteiger partial charge on any atom is 0.328 e. The van der Waals surface area contributed by atoms with Crippen LogP contribution < -0.4 is 5.73 Å². The summed E-state index contributed by atoms with van der Waals surface area (Å²) < 4.78 is 10.5. The number of carbonyl (C=O) groups excluding carboxylic acids is 2. The number of amides is 1. The molecular weight excluding hydrogens is 308 g/mol. The number of methoxy groups -OCH3 is 1. The number of carbonyl (C=O) groups is 2. The van der Waals surface area contributed by atoms with Crippen LogP contribution in [0.5, 0.6) is 0 Å². The molecule has 0 aliphatic heterocycles. The molecule has 2 N–H and O–H groups in total. The molecule has 24 heavy (non-hydrogen) atoms. The normalized spacial score (nSPS) is 14.8. The first-order chi connectivity index (χ1) is 11.3. The second-order valence-corrected chi connectivity index (χ2v) is 6.19. The van der Waals surface area contributed by atoms with Gasteiger partial charge in [-0.25, -0.2) is 4.79 Å². The number of hydrogen-bond acceptors (Lipinski definition) is 5. The highest BCUT2D eigenvalue weighted by atomic mass is 16.5. The Labute approximate surface area is 143 Å². The van der Waals surface area contributed by atoms with E-state index in [1.165, 1.54) is 12.0 Å². The molecule has 0 bridgehead atoms. The van der Waals surface area contributed by atoms with Crippen LogP contribution in [0.25, 0.3) is 0 Å². The van der Waals surface area contributed by atoms with Crippen molar-refractivity contribution in [2.24, 2.45) is 11.7 Å². The van der Waals surface area contributed by atoms with Crippen molar-refractivity contribution >= 4 is 11.9 Å². The molecule has 3 atom stereocenters. The van der Waals surface area contributed by atoms with Crippen LogP contribution in [0.2, 0.25) is 0 Å². The lowest BCUT2D eigenvalue weighted by Gasteiger charge is -2.32. The van der Waals surface area contributed by atoms with Crippen molar-refractivity contribution < 1.29 is 19.1 Å². The molecule has 1 amide bonds. The Morgan fingerprint density at radius 2 is 1.75 bits per heavy atom. The predicted octanol–water partition coefficient (Wildman–Crippen LogP) is 1.58. The summed E-state index contributed by atoms with van der Waals surface area (Å²) in [5.74, 6) is -0.885. The van der Waals surface area contributed by atoms with Gasteiger partial charge in [0.05, 0.1) is 19.8 Å². The van der Waals surface area contributed by atoms with Gasteiger partial charge in [0.25, 0.3) is 0 Å². The van der Waals surface area contributed by atoms with E-state index in [1.807, 2.05) is 44.2 Å². The number of benzene rings is 1. The molecule has 0 radical (unpaired) electrons. The minimum atomic E-state index is -0.857. The number of nitrogens with two attached hydrogens (primary N) is 1. The van der Waals surface area contributed by atoms with E-state index in [2.05, 4.69) is 0 Å². The fourth-order valence-electron chi connectivity index (χ4n) is 2.48. The summed E-state index contributed by atoms with van der Waals surface area (Å²) in [5, 5.41) is 0. The van der Waals surface area contributed by atoms with Gasteiger partial charge in [0, 0.05) is 7.05 Å². The van der Waals surface area contributed by atoms with Crippen LogP contribution in [0, 0.1) is 5.92 Å². The van der Waals surface area contributed by atoms with Gasteiger partial charge in [-0.05, 0) is 18.4 Å². The van der Waals surface area contributed by atoms with E-state index in [-0.39, 0.29) is 11.8 Å². The van der Waals surface area contributed by atoms with E-state index < -0.39 is 24.2 Å². The molecule has 1 aromatic carbocycles. The van der Waals surface area contributed by atoms with E-state index in [4.69, 9.17) is 15.2 Å². The summed E-state index contributed by atoms with van der Waals surface area (Å²) in [5.41, 5.74) is 7.04. The lowest BCUT2D eigenvalue weighted by molar-refractivity contribution is -0.155. The van der Waals surface area contributed by atoms with E-state index in [1.54, 1.807) is 14.0 Å². The molecule has 1 rings (SSSR count). The number of nitrogens with zero attached hydrogens (tertiary/aromatic N) is 1. The molecule has 6 nitrogen and oxygen atoms in total. The summed E-state index contributed by atoms with van der Waals surface area (Å²) in [6.07, 6.45) is -0.481. The zero-order valence-electron chi connectivity index (χ0n) is 15.1. The molecule has 0 aliphatic rings. The molecule has 0 spiro atoms. The summed E-state index contributed by atoms with van der Waals surface area (Å²) in [7, 11) is 2.87. The third kappa shape index (κ3) is 5.32. The SMILES string of the molecule is COC(=O)[C@H](C(C)C)N(C)C(=O)[C@@H](N)[C@@H](C)OCc1ccccc1. The minimum absolute atomic E-state index is 0.0841. The monoisotopic (exact) mass is 336 g/mol. The van der Waals surface area contributed by atoms with Gasteiger partial charge in [-0.15, -0.1) is 0 Å². The van der Waals surface area contributed by atoms with Crippen molar-refractivity contribution in [3.05, 3.63) is 35.9 Å². The molecule has 0 aliphatic carbocycles. The number of esters is 1. The fourth-order valence-corrected chi connectivity index (χ4v) is 2.48. The van der Waals surface area contributed by atoms with Crippen LogP contribution in [0.15, 0.2) is 30.3 Å². The first-order valence-electron chi connectivity index (χ1n) is 8.05. The topological polar surface area (TPSA) is 81.9 Å². The van der Waals surface area contributed by atoms with Crippen molar-refractivity contribution in [1.82, 2.24) is 4.90 Å². The highest BCUT2D eigenvalue weighted by molar-refractivity contribution is 5.87. The second kappa shape index (κ2) is 9.39. The van der Waals surface area contributed by atoms with Crippen molar-refractivity contribution in [2.75, 3.05) is 14.2 Å². The molecule has 6 heteroatoms. The first-order valence-corrected chi connectivity index (χ1v) is 8.05. The average Bonchev–Trinajstić information content (AvgIpc) is 2.58. The molecule has 0 saturated carbocycles. The third-order valence-electron chi connectivity index (χ3n) is 3.99. The Morgan fingerprint density at radius 3 is 2.25 bits per heavy atom. The van der Waals surface area contributed by atoms with E-state index in [9.17, 15) is 9.59 Å². The number of ether oxygens (including phenoxy) is 2. The van der Waals surface area contributed by atoms with E-state index >= 15 is 0 Å². The summed E-state index contributed by atoms with van der Waals surface area (Å²) in [6, 6.07) is 8.13. The number of hydrogen-bond donors (Lipinski definition) is 1. The summed E-state index contributed by atoms with van der Waals surface area (Å²) >= 11 is 0. The highest BCUT2D eigenvalue weighted by Gasteiger charge is 2.34. The fraction of sp³-hybridized carbons (Fsp3) is 0.556. The summed E-state index contributed by atoms with van der Waals surface area (Å²) in [4.78, 5) is 25.8. The summed E-state index contributed by atoms with van der Waals surface area (Å²) in [6.45, 7) is 5.83. The molecule has 0 aromatic heterocycles. The lowest BCUT2D eigenvalue weighted by atomic mass is 10.0.